The summed E-state index contributed by atoms with van der Waals surface area (Å²) < 4.78 is 0. The third-order valence-corrected chi connectivity index (χ3v) is 7.14. The van der Waals surface area contributed by atoms with E-state index in [-0.39, 0.29) is 6.42 Å². The minimum absolute atomic E-state index is 0.325. The molecule has 4 atom stereocenters. The van der Waals surface area contributed by atoms with Crippen LogP contribution in [0.5, 0.6) is 0 Å². The van der Waals surface area contributed by atoms with Gasteiger partial charge in [0.15, 0.2) is 0 Å². The van der Waals surface area contributed by atoms with Gasteiger partial charge in [-0.1, -0.05) is 60.1 Å². The number of rotatable bonds is 5. The molecule has 0 unspecified atom stereocenters. The van der Waals surface area contributed by atoms with E-state index in [1.54, 1.807) is 48.5 Å². The second-order valence-corrected chi connectivity index (χ2v) is 10.1. The number of carbonyl (C=O) groups excluding carboxylic acids is 3. The van der Waals surface area contributed by atoms with Crippen LogP contribution >= 0.6 is 11.6 Å². The molecular weight excluding hydrogens is 476 g/mol. The Morgan fingerprint density at radius 1 is 0.861 bits per heavy atom. The lowest BCUT2D eigenvalue weighted by atomic mass is 9.61. The van der Waals surface area contributed by atoms with Crippen molar-refractivity contribution in [3.8, 4) is 0 Å². The molecule has 3 N–H and O–H groups in total. The van der Waals surface area contributed by atoms with Crippen LogP contribution in [0.25, 0.3) is 0 Å². The summed E-state index contributed by atoms with van der Waals surface area (Å²) in [5.41, 5.74) is 1.79. The van der Waals surface area contributed by atoms with Gasteiger partial charge in [-0.2, -0.15) is 0 Å². The summed E-state index contributed by atoms with van der Waals surface area (Å²) in [6.45, 7) is 5.21. The van der Waals surface area contributed by atoms with Crippen molar-refractivity contribution in [1.29, 1.82) is 0 Å². The molecule has 0 radical (unpaired) electrons. The quantitative estimate of drug-likeness (QED) is 0.412. The molecule has 1 fully saturated rings. The fraction of sp³-hybridized carbons (Fsp3) is 0.276. The molecular formula is C29H29ClN2O4. The van der Waals surface area contributed by atoms with Crippen molar-refractivity contribution in [3.05, 3.63) is 94.5 Å². The Labute approximate surface area is 215 Å². The number of para-hydroxylation sites is 2. The minimum atomic E-state index is -1.67. The predicted octanol–water partition coefficient (Wildman–Crippen LogP) is 5.27. The molecule has 1 aliphatic carbocycles. The molecule has 7 heteroatoms. The molecule has 6 nitrogen and oxygen atoms in total. The molecule has 3 aromatic carbocycles. The number of Topliss-reactive ketones (excluding diaryl/α,β-unsaturated/α-hetero) is 1. The average Bonchev–Trinajstić information content (AvgIpc) is 2.81. The molecule has 0 aromatic heterocycles. The summed E-state index contributed by atoms with van der Waals surface area (Å²) in [4.78, 5) is 40.7. The summed E-state index contributed by atoms with van der Waals surface area (Å²) in [7, 11) is 0. The number of benzene rings is 3. The smallest absolute Gasteiger partial charge is 0.235 e. The molecule has 4 rings (SSSR count). The Kier molecular flexibility index (Phi) is 7.29. The molecule has 0 heterocycles. The third kappa shape index (κ3) is 5.20. The van der Waals surface area contributed by atoms with Gasteiger partial charge in [-0.25, -0.2) is 0 Å². The Hall–Kier alpha value is -3.48. The van der Waals surface area contributed by atoms with Crippen LogP contribution in [0.15, 0.2) is 72.8 Å². The van der Waals surface area contributed by atoms with Crippen molar-refractivity contribution in [2.45, 2.75) is 38.7 Å². The summed E-state index contributed by atoms with van der Waals surface area (Å²) >= 11 is 6.11. The van der Waals surface area contributed by atoms with Crippen molar-refractivity contribution < 1.29 is 19.5 Å². The molecule has 2 amide bonds. The monoisotopic (exact) mass is 504 g/mol. The molecule has 3 aromatic rings. The number of nitrogens with one attached hydrogen (secondary N) is 2. The number of hydrogen-bond acceptors (Lipinski definition) is 4. The van der Waals surface area contributed by atoms with Gasteiger partial charge in [0, 0.05) is 28.7 Å². The van der Waals surface area contributed by atoms with E-state index in [0.717, 1.165) is 11.1 Å². The standard InChI is InChI=1S/C29H29ClN2O4/c1-17-8-4-6-10-21(17)31-27(34)25-23(33)16-29(3,36)26(24(25)19-12-14-20(30)15-13-19)28(35)32-22-11-7-5-9-18(22)2/h4-15,24-26,36H,16H2,1-3H3,(H,31,34)(H,32,35)/t24-,25-,26+,29-/m0/s1. The largest absolute Gasteiger partial charge is 0.389 e. The summed E-state index contributed by atoms with van der Waals surface area (Å²) in [6, 6.07) is 21.3. The first-order valence-electron chi connectivity index (χ1n) is 11.8. The number of aryl methyl sites for hydroxylation is 2. The zero-order valence-corrected chi connectivity index (χ0v) is 21.2. The van der Waals surface area contributed by atoms with E-state index in [0.29, 0.717) is 22.0 Å². The van der Waals surface area contributed by atoms with E-state index in [4.69, 9.17) is 11.6 Å². The van der Waals surface area contributed by atoms with Gasteiger partial charge in [-0.05, 0) is 61.7 Å². The molecule has 0 spiro atoms. The number of anilines is 2. The van der Waals surface area contributed by atoms with Crippen LogP contribution in [-0.4, -0.2) is 28.3 Å². The maximum atomic E-state index is 13.7. The van der Waals surface area contributed by atoms with Crippen LogP contribution in [0.3, 0.4) is 0 Å². The summed E-state index contributed by atoms with van der Waals surface area (Å²) in [5, 5.41) is 17.7. The number of carbonyl (C=O) groups is 3. The predicted molar refractivity (Wildman–Crippen MR) is 141 cm³/mol. The van der Waals surface area contributed by atoms with Crippen LogP contribution < -0.4 is 10.6 Å². The molecule has 0 aliphatic heterocycles. The number of hydrogen-bond donors (Lipinski definition) is 3. The van der Waals surface area contributed by atoms with Gasteiger partial charge in [0.25, 0.3) is 0 Å². The van der Waals surface area contributed by atoms with Crippen molar-refractivity contribution in [2.24, 2.45) is 11.8 Å². The first kappa shape index (κ1) is 25.6. The highest BCUT2D eigenvalue weighted by Gasteiger charge is 2.55. The topological polar surface area (TPSA) is 95.5 Å². The third-order valence-electron chi connectivity index (χ3n) is 6.89. The van der Waals surface area contributed by atoms with Gasteiger partial charge in [-0.3, -0.25) is 14.4 Å². The zero-order valence-electron chi connectivity index (χ0n) is 20.4. The Bertz CT molecular complexity index is 1300. The summed E-state index contributed by atoms with van der Waals surface area (Å²) in [5.74, 6) is -4.58. The van der Waals surface area contributed by atoms with Crippen LogP contribution in [0.1, 0.15) is 36.0 Å². The highest BCUT2D eigenvalue weighted by Crippen LogP contribution is 2.47. The van der Waals surface area contributed by atoms with Gasteiger partial charge < -0.3 is 15.7 Å². The number of amides is 2. The van der Waals surface area contributed by atoms with E-state index in [1.165, 1.54) is 6.92 Å². The number of ketones is 1. The maximum Gasteiger partial charge on any atom is 0.235 e. The van der Waals surface area contributed by atoms with E-state index in [2.05, 4.69) is 10.6 Å². The van der Waals surface area contributed by atoms with Crippen molar-refractivity contribution in [2.75, 3.05) is 10.6 Å². The zero-order chi connectivity index (χ0) is 26.0. The van der Waals surface area contributed by atoms with Crippen LogP contribution in [0, 0.1) is 25.7 Å². The van der Waals surface area contributed by atoms with Gasteiger partial charge in [0.1, 0.15) is 11.7 Å². The van der Waals surface area contributed by atoms with Crippen molar-refractivity contribution in [1.82, 2.24) is 0 Å². The van der Waals surface area contributed by atoms with E-state index >= 15 is 0 Å². The second kappa shape index (κ2) is 10.2. The van der Waals surface area contributed by atoms with E-state index in [9.17, 15) is 19.5 Å². The Balaban J connectivity index is 1.78. The molecule has 186 valence electrons. The Morgan fingerprint density at radius 2 is 1.36 bits per heavy atom. The van der Waals surface area contributed by atoms with E-state index < -0.39 is 41.0 Å². The molecule has 1 saturated carbocycles. The molecule has 36 heavy (non-hydrogen) atoms. The van der Waals surface area contributed by atoms with Gasteiger partial charge in [0.2, 0.25) is 11.8 Å². The number of aliphatic hydroxyl groups is 1. The molecule has 0 bridgehead atoms. The van der Waals surface area contributed by atoms with Gasteiger partial charge >= 0.3 is 0 Å². The highest BCUT2D eigenvalue weighted by molar-refractivity contribution is 6.30. The lowest BCUT2D eigenvalue weighted by Gasteiger charge is -2.44. The van der Waals surface area contributed by atoms with Gasteiger partial charge in [-0.15, -0.1) is 0 Å². The van der Waals surface area contributed by atoms with Crippen LogP contribution in [-0.2, 0) is 14.4 Å². The fourth-order valence-electron chi connectivity index (χ4n) is 5.02. The summed E-state index contributed by atoms with van der Waals surface area (Å²) in [6.07, 6.45) is -0.325. The van der Waals surface area contributed by atoms with Gasteiger partial charge in [0.05, 0.1) is 11.5 Å². The lowest BCUT2D eigenvalue weighted by Crippen LogP contribution is -2.56. The maximum absolute atomic E-state index is 13.7. The number of halogens is 1. The average molecular weight is 505 g/mol. The first-order chi connectivity index (χ1) is 17.1. The second-order valence-electron chi connectivity index (χ2n) is 9.64. The van der Waals surface area contributed by atoms with E-state index in [1.807, 2.05) is 38.1 Å². The molecule has 1 aliphatic rings. The highest BCUT2D eigenvalue weighted by atomic mass is 35.5. The fourth-order valence-corrected chi connectivity index (χ4v) is 5.15. The lowest BCUT2D eigenvalue weighted by molar-refractivity contribution is -0.150. The van der Waals surface area contributed by atoms with Crippen molar-refractivity contribution >= 4 is 40.6 Å². The van der Waals surface area contributed by atoms with Crippen molar-refractivity contribution in [3.63, 3.8) is 0 Å². The SMILES string of the molecule is Cc1ccccc1NC(=O)[C@H]1C(=O)C[C@](C)(O)[C@@H](C(=O)Nc2ccccc2C)[C@H]1c1ccc(Cl)cc1. The Morgan fingerprint density at radius 3 is 1.89 bits per heavy atom. The van der Waals surface area contributed by atoms with Crippen LogP contribution in [0.4, 0.5) is 11.4 Å². The minimum Gasteiger partial charge on any atom is -0.389 e. The molecule has 0 saturated heterocycles. The first-order valence-corrected chi connectivity index (χ1v) is 12.2. The van der Waals surface area contributed by atoms with Crippen LogP contribution in [0.2, 0.25) is 5.02 Å². The normalized spacial score (nSPS) is 23.7.